The molecule has 0 fully saturated rings. The zero-order valence-corrected chi connectivity index (χ0v) is 18.8. The van der Waals surface area contributed by atoms with Crippen LogP contribution in [-0.4, -0.2) is 10.2 Å². The van der Waals surface area contributed by atoms with Gasteiger partial charge in [0.15, 0.2) is 0 Å². The SMILES string of the molecule is Oc1ccc(C(F)(F)F)cc1.Oc1ccc(C(F)(F)F)cc1.[Zr].c1ccc2[cH-]ccc2c1. The van der Waals surface area contributed by atoms with Crippen LogP contribution in [-0.2, 0) is 38.6 Å². The van der Waals surface area contributed by atoms with Crippen molar-refractivity contribution in [2.24, 2.45) is 0 Å². The Morgan fingerprint density at radius 2 is 0.969 bits per heavy atom. The molecule has 0 radical (unpaired) electrons. The van der Waals surface area contributed by atoms with Crippen molar-refractivity contribution in [2.75, 3.05) is 0 Å². The maximum Gasteiger partial charge on any atom is 0.416 e. The van der Waals surface area contributed by atoms with Crippen LogP contribution in [0.3, 0.4) is 0 Å². The maximum absolute atomic E-state index is 11.8. The molecule has 0 heterocycles. The molecule has 32 heavy (non-hydrogen) atoms. The minimum atomic E-state index is -4.33. The minimum Gasteiger partial charge on any atom is -0.508 e. The van der Waals surface area contributed by atoms with Crippen LogP contribution in [0.4, 0.5) is 26.3 Å². The van der Waals surface area contributed by atoms with Crippen molar-refractivity contribution in [2.45, 2.75) is 12.4 Å². The van der Waals surface area contributed by atoms with Gasteiger partial charge in [0.05, 0.1) is 11.1 Å². The summed E-state index contributed by atoms with van der Waals surface area (Å²) in [5.41, 5.74) is -1.51. The average molecular weight is 531 g/mol. The van der Waals surface area contributed by atoms with Gasteiger partial charge in [0.25, 0.3) is 0 Å². The monoisotopic (exact) mass is 529 g/mol. The van der Waals surface area contributed by atoms with Crippen molar-refractivity contribution in [1.82, 2.24) is 0 Å². The van der Waals surface area contributed by atoms with Crippen LogP contribution in [0.25, 0.3) is 10.8 Å². The molecule has 0 saturated heterocycles. The molecule has 0 saturated carbocycles. The van der Waals surface area contributed by atoms with Crippen molar-refractivity contribution in [3.05, 3.63) is 102 Å². The van der Waals surface area contributed by atoms with Crippen molar-refractivity contribution in [3.8, 4) is 11.5 Å². The number of aromatic hydroxyl groups is 2. The van der Waals surface area contributed by atoms with E-state index in [1.807, 2.05) is 0 Å². The first-order valence-corrected chi connectivity index (χ1v) is 8.80. The first kappa shape index (κ1) is 27.4. The number of hydrogen-bond donors (Lipinski definition) is 2. The largest absolute Gasteiger partial charge is 0.508 e. The molecule has 0 atom stereocenters. The van der Waals surface area contributed by atoms with Gasteiger partial charge in [-0.3, -0.25) is 0 Å². The predicted molar refractivity (Wildman–Crippen MR) is 106 cm³/mol. The summed E-state index contributed by atoms with van der Waals surface area (Å²) in [6.45, 7) is 0. The number of phenols is 2. The Balaban J connectivity index is 0.000000237. The van der Waals surface area contributed by atoms with E-state index in [0.717, 1.165) is 48.5 Å². The number of alkyl halides is 6. The molecule has 4 aromatic carbocycles. The topological polar surface area (TPSA) is 40.5 Å². The molecule has 0 unspecified atom stereocenters. The Hall–Kier alpha value is -2.67. The standard InChI is InChI=1S/C9H7.2C7H5F3O.Zr/c1-2-5-9-7-3-6-8(9)4-1;2*8-7(9,10)5-1-3-6(11)4-2-5;/h1-7H;2*1-4,11H;/q-1;;;. The van der Waals surface area contributed by atoms with Crippen LogP contribution in [0, 0.1) is 0 Å². The molecule has 4 aromatic rings. The summed E-state index contributed by atoms with van der Waals surface area (Å²) in [5.74, 6) is -0.337. The van der Waals surface area contributed by atoms with E-state index in [2.05, 4.69) is 42.5 Å². The molecule has 0 aromatic heterocycles. The zero-order chi connectivity index (χ0) is 23.1. The molecule has 2 N–H and O–H groups in total. The molecule has 2 nitrogen and oxygen atoms in total. The summed E-state index contributed by atoms with van der Waals surface area (Å²) in [5, 5.41) is 20.0. The molecule has 0 amide bonds. The van der Waals surface area contributed by atoms with E-state index < -0.39 is 23.5 Å². The van der Waals surface area contributed by atoms with Crippen molar-refractivity contribution >= 4 is 10.8 Å². The Labute approximate surface area is 199 Å². The number of fused-ring (bicyclic) bond motifs is 1. The van der Waals surface area contributed by atoms with Gasteiger partial charge in [0.1, 0.15) is 11.5 Å². The van der Waals surface area contributed by atoms with Gasteiger partial charge in [-0.15, -0.1) is 29.7 Å². The van der Waals surface area contributed by atoms with Gasteiger partial charge in [-0.1, -0.05) is 6.07 Å². The molecule has 0 spiro atoms. The molecule has 9 heteroatoms. The van der Waals surface area contributed by atoms with E-state index >= 15 is 0 Å². The third kappa shape index (κ3) is 8.83. The van der Waals surface area contributed by atoms with Gasteiger partial charge in [0, 0.05) is 26.2 Å². The van der Waals surface area contributed by atoms with Crippen molar-refractivity contribution < 1.29 is 62.8 Å². The second-order valence-corrected chi connectivity index (χ2v) is 6.24. The summed E-state index contributed by atoms with van der Waals surface area (Å²) >= 11 is 0. The third-order valence-corrected chi connectivity index (χ3v) is 3.94. The van der Waals surface area contributed by atoms with Crippen molar-refractivity contribution in [1.29, 1.82) is 0 Å². The van der Waals surface area contributed by atoms with Crippen LogP contribution < -0.4 is 0 Å². The predicted octanol–water partition coefficient (Wildman–Crippen LogP) is 7.38. The van der Waals surface area contributed by atoms with E-state index in [1.165, 1.54) is 10.8 Å². The Morgan fingerprint density at radius 1 is 0.562 bits per heavy atom. The smallest absolute Gasteiger partial charge is 0.416 e. The summed E-state index contributed by atoms with van der Waals surface area (Å²) < 4.78 is 71.0. The van der Waals surface area contributed by atoms with Gasteiger partial charge in [-0.25, -0.2) is 0 Å². The fraction of sp³-hybridized carbons (Fsp3) is 0.0870. The van der Waals surface area contributed by atoms with Gasteiger partial charge in [-0.05, 0) is 48.5 Å². The van der Waals surface area contributed by atoms with E-state index in [4.69, 9.17) is 10.2 Å². The Morgan fingerprint density at radius 3 is 1.34 bits per heavy atom. The van der Waals surface area contributed by atoms with Crippen LogP contribution in [0.15, 0.2) is 91.0 Å². The minimum absolute atomic E-state index is 0. The maximum atomic E-state index is 11.8. The fourth-order valence-corrected chi connectivity index (χ4v) is 2.37. The van der Waals surface area contributed by atoms with Crippen LogP contribution >= 0.6 is 0 Å². The molecular weight excluding hydrogens is 513 g/mol. The van der Waals surface area contributed by atoms with E-state index in [-0.39, 0.29) is 37.7 Å². The fourth-order valence-electron chi connectivity index (χ4n) is 2.37. The van der Waals surface area contributed by atoms with Crippen LogP contribution in [0.5, 0.6) is 11.5 Å². The number of halogens is 6. The van der Waals surface area contributed by atoms with Gasteiger partial charge in [-0.2, -0.15) is 43.9 Å². The Kier molecular flexibility index (Phi) is 10.1. The average Bonchev–Trinajstić information content (AvgIpc) is 3.17. The number of hydrogen-bond acceptors (Lipinski definition) is 2. The first-order valence-electron chi connectivity index (χ1n) is 8.80. The second kappa shape index (κ2) is 11.8. The van der Waals surface area contributed by atoms with E-state index in [0.29, 0.717) is 0 Å². The summed E-state index contributed by atoms with van der Waals surface area (Å²) in [6, 6.07) is 22.0. The summed E-state index contributed by atoms with van der Waals surface area (Å²) in [4.78, 5) is 0. The zero-order valence-electron chi connectivity index (χ0n) is 16.3. The van der Waals surface area contributed by atoms with E-state index in [9.17, 15) is 26.3 Å². The molecule has 4 rings (SSSR count). The van der Waals surface area contributed by atoms with Crippen molar-refractivity contribution in [3.63, 3.8) is 0 Å². The van der Waals surface area contributed by atoms with E-state index in [1.54, 1.807) is 0 Å². The molecular formula is C23H17F6O2Zr-. The number of rotatable bonds is 0. The quantitative estimate of drug-likeness (QED) is 0.184. The van der Waals surface area contributed by atoms with Gasteiger partial charge in [0.2, 0.25) is 0 Å². The molecule has 0 aliphatic rings. The van der Waals surface area contributed by atoms with Gasteiger partial charge >= 0.3 is 12.4 Å². The van der Waals surface area contributed by atoms with Gasteiger partial charge < -0.3 is 10.2 Å². The summed E-state index contributed by atoms with van der Waals surface area (Å²) in [6.07, 6.45) is -8.65. The normalized spacial score (nSPS) is 10.8. The summed E-state index contributed by atoms with van der Waals surface area (Å²) in [7, 11) is 0. The number of benzene rings is 3. The molecule has 168 valence electrons. The third-order valence-electron chi connectivity index (χ3n) is 3.94. The van der Waals surface area contributed by atoms with Crippen LogP contribution in [0.2, 0.25) is 0 Å². The molecule has 0 bridgehead atoms. The molecule has 0 aliphatic heterocycles. The number of phenolic OH excluding ortho intramolecular Hbond substituents is 2. The van der Waals surface area contributed by atoms with Crippen LogP contribution in [0.1, 0.15) is 11.1 Å². The first-order chi connectivity index (χ1) is 14.5. The molecule has 0 aliphatic carbocycles. The Bertz CT molecular complexity index is 983. The second-order valence-electron chi connectivity index (χ2n) is 6.24.